The van der Waals surface area contributed by atoms with Crippen LogP contribution in [0.2, 0.25) is 0 Å². The molecule has 1 amide bonds. The van der Waals surface area contributed by atoms with Crippen molar-refractivity contribution < 1.29 is 27.8 Å². The minimum Gasteiger partial charge on any atom is -0.507 e. The number of carbonyl (C=O) groups excluding carboxylic acids is 1. The Bertz CT molecular complexity index is 714. The van der Waals surface area contributed by atoms with Crippen LogP contribution in [0.25, 0.3) is 0 Å². The number of phenols is 1. The number of amides is 1. The largest absolute Gasteiger partial charge is 0.507 e. The molecule has 0 aliphatic heterocycles. The zero-order chi connectivity index (χ0) is 17.0. The minimum atomic E-state index is -4.51. The molecular formula is C16H14F3NO3. The lowest BCUT2D eigenvalue weighted by Crippen LogP contribution is -2.15. The summed E-state index contributed by atoms with van der Waals surface area (Å²) in [7, 11) is 0. The Kier molecular flexibility index (Phi) is 4.78. The molecule has 0 aliphatic carbocycles. The second kappa shape index (κ2) is 6.60. The van der Waals surface area contributed by atoms with Crippen molar-refractivity contribution in [2.75, 3.05) is 11.9 Å². The Hall–Kier alpha value is -2.70. The van der Waals surface area contributed by atoms with E-state index in [-0.39, 0.29) is 29.4 Å². The molecule has 0 spiro atoms. The van der Waals surface area contributed by atoms with Crippen LogP contribution in [-0.4, -0.2) is 17.6 Å². The van der Waals surface area contributed by atoms with Crippen LogP contribution in [0, 0.1) is 0 Å². The van der Waals surface area contributed by atoms with Crippen molar-refractivity contribution in [1.82, 2.24) is 0 Å². The number of hydrogen-bond acceptors (Lipinski definition) is 3. The summed E-state index contributed by atoms with van der Waals surface area (Å²) in [6.45, 7) is 1.98. The number of benzene rings is 2. The van der Waals surface area contributed by atoms with Gasteiger partial charge in [0.1, 0.15) is 17.1 Å². The SMILES string of the molecule is CCOc1cccc(O)c1C(=O)Nc1cccc(C(F)(F)F)c1. The first-order valence-corrected chi connectivity index (χ1v) is 6.76. The Morgan fingerprint density at radius 3 is 2.57 bits per heavy atom. The zero-order valence-electron chi connectivity index (χ0n) is 12.1. The molecule has 2 rings (SSSR count). The van der Waals surface area contributed by atoms with Gasteiger partial charge in [0.2, 0.25) is 0 Å². The Morgan fingerprint density at radius 1 is 1.22 bits per heavy atom. The van der Waals surface area contributed by atoms with Gasteiger partial charge < -0.3 is 15.2 Å². The summed E-state index contributed by atoms with van der Waals surface area (Å²) in [5, 5.41) is 12.2. The molecule has 0 saturated carbocycles. The second-order valence-corrected chi connectivity index (χ2v) is 4.62. The smallest absolute Gasteiger partial charge is 0.416 e. The molecule has 122 valence electrons. The molecule has 0 heterocycles. The van der Waals surface area contributed by atoms with Gasteiger partial charge in [0.05, 0.1) is 12.2 Å². The van der Waals surface area contributed by atoms with Gasteiger partial charge in [0.15, 0.2) is 0 Å². The third-order valence-electron chi connectivity index (χ3n) is 2.98. The van der Waals surface area contributed by atoms with Gasteiger partial charge >= 0.3 is 6.18 Å². The van der Waals surface area contributed by atoms with Crippen LogP contribution in [0.4, 0.5) is 18.9 Å². The number of alkyl halides is 3. The lowest BCUT2D eigenvalue weighted by Gasteiger charge is -2.13. The maximum atomic E-state index is 12.7. The lowest BCUT2D eigenvalue weighted by atomic mass is 10.1. The van der Waals surface area contributed by atoms with Crippen molar-refractivity contribution >= 4 is 11.6 Å². The van der Waals surface area contributed by atoms with Crippen molar-refractivity contribution in [2.45, 2.75) is 13.1 Å². The van der Waals surface area contributed by atoms with Crippen LogP contribution < -0.4 is 10.1 Å². The third-order valence-corrected chi connectivity index (χ3v) is 2.98. The van der Waals surface area contributed by atoms with E-state index in [1.165, 1.54) is 30.3 Å². The fourth-order valence-electron chi connectivity index (χ4n) is 1.99. The monoisotopic (exact) mass is 325 g/mol. The number of aromatic hydroxyl groups is 1. The third kappa shape index (κ3) is 3.94. The van der Waals surface area contributed by atoms with Gasteiger partial charge in [-0.25, -0.2) is 0 Å². The normalized spacial score (nSPS) is 11.1. The van der Waals surface area contributed by atoms with Crippen molar-refractivity contribution in [2.24, 2.45) is 0 Å². The fourth-order valence-corrected chi connectivity index (χ4v) is 1.99. The maximum Gasteiger partial charge on any atom is 0.416 e. The first kappa shape index (κ1) is 16.7. The highest BCUT2D eigenvalue weighted by Crippen LogP contribution is 2.32. The highest BCUT2D eigenvalue weighted by atomic mass is 19.4. The minimum absolute atomic E-state index is 0.0319. The van der Waals surface area contributed by atoms with Gasteiger partial charge in [-0.05, 0) is 37.3 Å². The van der Waals surface area contributed by atoms with Crippen molar-refractivity contribution in [1.29, 1.82) is 0 Å². The summed E-state index contributed by atoms with van der Waals surface area (Å²) in [6, 6.07) is 8.52. The fraction of sp³-hybridized carbons (Fsp3) is 0.188. The van der Waals surface area contributed by atoms with Crippen LogP contribution in [0.15, 0.2) is 42.5 Å². The topological polar surface area (TPSA) is 58.6 Å². The predicted molar refractivity (Wildman–Crippen MR) is 78.7 cm³/mol. The highest BCUT2D eigenvalue weighted by molar-refractivity contribution is 6.08. The molecule has 0 bridgehead atoms. The summed E-state index contributed by atoms with van der Waals surface area (Å²) in [4.78, 5) is 12.3. The molecule has 0 unspecified atom stereocenters. The van der Waals surface area contributed by atoms with Gasteiger partial charge in [-0.15, -0.1) is 0 Å². The van der Waals surface area contributed by atoms with Crippen molar-refractivity contribution in [3.05, 3.63) is 53.6 Å². The van der Waals surface area contributed by atoms with Crippen LogP contribution in [0.3, 0.4) is 0 Å². The lowest BCUT2D eigenvalue weighted by molar-refractivity contribution is -0.137. The highest BCUT2D eigenvalue weighted by Gasteiger charge is 2.30. The summed E-state index contributed by atoms with van der Waals surface area (Å²) >= 11 is 0. The molecule has 23 heavy (non-hydrogen) atoms. The van der Waals surface area contributed by atoms with E-state index >= 15 is 0 Å². The quantitative estimate of drug-likeness (QED) is 0.891. The van der Waals surface area contributed by atoms with E-state index < -0.39 is 17.6 Å². The first-order valence-electron chi connectivity index (χ1n) is 6.76. The molecule has 0 aliphatic rings. The van der Waals surface area contributed by atoms with E-state index in [2.05, 4.69) is 5.32 Å². The molecule has 4 nitrogen and oxygen atoms in total. The maximum absolute atomic E-state index is 12.7. The molecule has 7 heteroatoms. The predicted octanol–water partition coefficient (Wildman–Crippen LogP) is 4.06. The molecule has 0 radical (unpaired) electrons. The average molecular weight is 325 g/mol. The summed E-state index contributed by atoms with van der Waals surface area (Å²) in [5.74, 6) is -0.928. The number of ether oxygens (including phenoxy) is 1. The van der Waals surface area contributed by atoms with E-state index in [0.29, 0.717) is 0 Å². The molecular weight excluding hydrogens is 311 g/mol. The van der Waals surface area contributed by atoms with E-state index in [1.807, 2.05) is 0 Å². The standard InChI is InChI=1S/C16H14F3NO3/c1-2-23-13-8-4-7-12(21)14(13)15(22)20-11-6-3-5-10(9-11)16(17,18)19/h3-9,21H,2H2,1H3,(H,20,22). The molecule has 2 N–H and O–H groups in total. The van der Waals surface area contributed by atoms with Crippen LogP contribution in [0.1, 0.15) is 22.8 Å². The number of phenolic OH excluding ortho intramolecular Hbond substituents is 1. The number of halogens is 3. The summed E-state index contributed by atoms with van der Waals surface area (Å²) in [5.41, 5.74) is -1.04. The van der Waals surface area contributed by atoms with Crippen LogP contribution >= 0.6 is 0 Å². The molecule has 0 atom stereocenters. The molecule has 0 saturated heterocycles. The van der Waals surface area contributed by atoms with E-state index in [4.69, 9.17) is 4.74 Å². The molecule has 0 fully saturated rings. The van der Waals surface area contributed by atoms with Gasteiger partial charge in [0.25, 0.3) is 5.91 Å². The zero-order valence-corrected chi connectivity index (χ0v) is 12.1. The number of rotatable bonds is 4. The number of nitrogens with one attached hydrogen (secondary N) is 1. The Balaban J connectivity index is 2.30. The van der Waals surface area contributed by atoms with Crippen molar-refractivity contribution in [3.8, 4) is 11.5 Å². The van der Waals surface area contributed by atoms with Crippen LogP contribution in [0.5, 0.6) is 11.5 Å². The molecule has 2 aromatic carbocycles. The van der Waals surface area contributed by atoms with Gasteiger partial charge in [-0.2, -0.15) is 13.2 Å². The first-order chi connectivity index (χ1) is 10.8. The number of anilines is 1. The summed E-state index contributed by atoms with van der Waals surface area (Å²) in [6.07, 6.45) is -4.51. The van der Waals surface area contributed by atoms with Gasteiger partial charge in [-0.3, -0.25) is 4.79 Å². The number of carbonyl (C=O) groups is 1. The van der Waals surface area contributed by atoms with Crippen LogP contribution in [-0.2, 0) is 6.18 Å². The Morgan fingerprint density at radius 2 is 1.91 bits per heavy atom. The van der Waals surface area contributed by atoms with Gasteiger partial charge in [-0.1, -0.05) is 12.1 Å². The van der Waals surface area contributed by atoms with E-state index in [9.17, 15) is 23.1 Å². The molecule has 2 aromatic rings. The molecule has 0 aromatic heterocycles. The average Bonchev–Trinajstić information content (AvgIpc) is 2.47. The van der Waals surface area contributed by atoms with E-state index in [0.717, 1.165) is 12.1 Å². The van der Waals surface area contributed by atoms with Gasteiger partial charge in [0, 0.05) is 5.69 Å². The van der Waals surface area contributed by atoms with E-state index in [1.54, 1.807) is 6.92 Å². The second-order valence-electron chi connectivity index (χ2n) is 4.62. The van der Waals surface area contributed by atoms with Crippen molar-refractivity contribution in [3.63, 3.8) is 0 Å². The Labute approximate surface area is 130 Å². The summed E-state index contributed by atoms with van der Waals surface area (Å²) < 4.78 is 43.3. The number of hydrogen-bond donors (Lipinski definition) is 2.